The normalized spacial score (nSPS) is 26.2. The molecule has 4 heterocycles. The molecule has 12 nitrogen and oxygen atoms in total. The zero-order chi connectivity index (χ0) is 25.2. The van der Waals surface area contributed by atoms with Crippen molar-refractivity contribution >= 4 is 37.2 Å². The fourth-order valence-electron chi connectivity index (χ4n) is 4.02. The van der Waals surface area contributed by atoms with Crippen LogP contribution in [0.4, 0.5) is 0 Å². The Morgan fingerprint density at radius 1 is 1.29 bits per heavy atom. The Balaban J connectivity index is 1.55. The lowest BCUT2D eigenvalue weighted by Gasteiger charge is -2.25. The summed E-state index contributed by atoms with van der Waals surface area (Å²) in [4.78, 5) is 25.0. The van der Waals surface area contributed by atoms with Crippen LogP contribution in [0.1, 0.15) is 46.8 Å². The van der Waals surface area contributed by atoms with Crippen LogP contribution in [0, 0.1) is 0 Å². The molecule has 2 aliphatic heterocycles. The maximum Gasteiger partial charge on any atom is 0.347 e. The second kappa shape index (κ2) is 11.0. The number of carbonyl (C=O) groups is 1. The van der Waals surface area contributed by atoms with Crippen LogP contribution >= 0.6 is 20.1 Å². The van der Waals surface area contributed by atoms with Crippen molar-refractivity contribution in [3.63, 3.8) is 0 Å². The molecule has 2 aromatic rings. The molecule has 5 atom stereocenters. The summed E-state index contributed by atoms with van der Waals surface area (Å²) in [5.74, 6) is -2.58. The van der Waals surface area contributed by atoms with E-state index in [0.29, 0.717) is 24.2 Å². The molecule has 0 saturated carbocycles. The lowest BCUT2D eigenvalue weighted by atomic mass is 10.1. The fraction of sp³-hybridized carbons (Fsp3) is 0.714. The number of aromatic nitrogens is 4. The molecule has 0 N–H and O–H groups in total. The number of rotatable bonds is 11. The van der Waals surface area contributed by atoms with Crippen molar-refractivity contribution in [2.45, 2.75) is 76.7 Å². The number of esters is 1. The van der Waals surface area contributed by atoms with Crippen molar-refractivity contribution in [2.75, 3.05) is 19.8 Å². The Bertz CT molecular complexity index is 1070. The van der Waals surface area contributed by atoms with Gasteiger partial charge in [0.1, 0.15) is 18.3 Å². The highest BCUT2D eigenvalue weighted by Gasteiger charge is 2.56. The maximum absolute atomic E-state index is 12.2. The van der Waals surface area contributed by atoms with Crippen LogP contribution < -0.4 is 4.74 Å². The predicted molar refractivity (Wildman–Crippen MR) is 122 cm³/mol. The van der Waals surface area contributed by atoms with E-state index in [1.165, 1.54) is 0 Å². The zero-order valence-electron chi connectivity index (χ0n) is 19.9. The monoisotopic (exact) mass is 530 g/mol. The molecule has 2 aromatic heterocycles. The van der Waals surface area contributed by atoms with Crippen LogP contribution in [0.25, 0.3) is 11.2 Å². The minimum Gasteiger partial charge on any atom is -0.476 e. The maximum atomic E-state index is 12.2. The first-order valence-corrected chi connectivity index (χ1v) is 12.7. The highest BCUT2D eigenvalue weighted by atomic mass is 35.5. The highest BCUT2D eigenvalue weighted by molar-refractivity contribution is 7.26. The third-order valence-electron chi connectivity index (χ3n) is 5.50. The molecular formula is C21H28ClN4O8P. The van der Waals surface area contributed by atoms with Crippen molar-refractivity contribution in [3.05, 3.63) is 11.6 Å². The van der Waals surface area contributed by atoms with Crippen LogP contribution in [-0.2, 0) is 33.0 Å². The Hall–Kier alpha value is -1.95. The standard InChI is InChI=1S/C21H28ClN4O8P/c1-5-7-8-30-18(27)19(35-28)31-9-11-13-14(34-21(3,4)33-13)17(32-11)26-10-23-12-15(26)24-20(22)25-16(12)29-6-2/h10-11,13-14,17,19H,5-9H2,1-4H3/t11-,13-,14-,17-,19+/m1/s1. The predicted octanol–water partition coefficient (Wildman–Crippen LogP) is 3.27. The van der Waals surface area contributed by atoms with Crippen LogP contribution in [0.5, 0.6) is 5.88 Å². The van der Waals surface area contributed by atoms with Gasteiger partial charge in [-0.3, -0.25) is 9.13 Å². The highest BCUT2D eigenvalue weighted by Crippen LogP contribution is 2.44. The van der Waals surface area contributed by atoms with Crippen molar-refractivity contribution < 1.29 is 37.8 Å². The first-order chi connectivity index (χ1) is 16.8. The number of halogens is 1. The number of imidazole rings is 1. The number of fused-ring (bicyclic) bond motifs is 2. The number of carbonyl (C=O) groups excluding carboxylic acids is 1. The van der Waals surface area contributed by atoms with Gasteiger partial charge in [-0.1, -0.05) is 13.3 Å². The Morgan fingerprint density at radius 2 is 2.06 bits per heavy atom. The second-order valence-corrected chi connectivity index (χ2v) is 9.51. The van der Waals surface area contributed by atoms with Crippen LogP contribution in [0.15, 0.2) is 6.33 Å². The van der Waals surface area contributed by atoms with E-state index in [2.05, 4.69) is 15.0 Å². The van der Waals surface area contributed by atoms with Gasteiger partial charge in [-0.05, 0) is 38.8 Å². The smallest absolute Gasteiger partial charge is 0.347 e. The van der Waals surface area contributed by atoms with Gasteiger partial charge in [-0.25, -0.2) is 9.78 Å². The number of hydrogen-bond donors (Lipinski definition) is 0. The Kier molecular flexibility index (Phi) is 8.19. The van der Waals surface area contributed by atoms with E-state index in [0.717, 1.165) is 6.42 Å². The van der Waals surface area contributed by atoms with Gasteiger partial charge in [0, 0.05) is 0 Å². The minimum atomic E-state index is -1.27. The first kappa shape index (κ1) is 26.1. The molecule has 192 valence electrons. The summed E-state index contributed by atoms with van der Waals surface area (Å²) >= 11 is 6.12. The van der Waals surface area contributed by atoms with Crippen molar-refractivity contribution in [2.24, 2.45) is 0 Å². The van der Waals surface area contributed by atoms with Gasteiger partial charge >= 0.3 is 5.97 Å². The van der Waals surface area contributed by atoms with Crippen LogP contribution in [-0.4, -0.2) is 75.3 Å². The molecule has 14 heteroatoms. The molecule has 2 aliphatic rings. The molecule has 0 aromatic carbocycles. The van der Waals surface area contributed by atoms with Gasteiger partial charge < -0.3 is 28.4 Å². The summed E-state index contributed by atoms with van der Waals surface area (Å²) in [5.41, 5.74) is 0.830. The Morgan fingerprint density at radius 3 is 2.77 bits per heavy atom. The average molecular weight is 531 g/mol. The van der Waals surface area contributed by atoms with E-state index in [9.17, 15) is 9.36 Å². The van der Waals surface area contributed by atoms with Crippen molar-refractivity contribution in [3.8, 4) is 5.88 Å². The summed E-state index contributed by atoms with van der Waals surface area (Å²) in [5, 5.41) is -0.0000632. The number of unbranched alkanes of at least 4 members (excludes halogenated alkanes) is 1. The van der Waals surface area contributed by atoms with Gasteiger partial charge in [-0.15, -0.1) is 0 Å². The molecule has 0 amide bonds. The van der Waals surface area contributed by atoms with Crippen molar-refractivity contribution in [1.82, 2.24) is 19.5 Å². The van der Waals surface area contributed by atoms with E-state index in [4.69, 9.17) is 40.0 Å². The summed E-state index contributed by atoms with van der Waals surface area (Å²) in [6.07, 6.45) is 0.717. The Labute approximate surface area is 208 Å². The molecule has 35 heavy (non-hydrogen) atoms. The lowest BCUT2D eigenvalue weighted by molar-refractivity contribution is -0.203. The number of ether oxygens (including phenoxy) is 6. The lowest BCUT2D eigenvalue weighted by Crippen LogP contribution is -2.35. The van der Waals surface area contributed by atoms with Gasteiger partial charge in [0.05, 0.1) is 26.1 Å². The SMILES string of the molecule is CCCCOC(=O)[C@@H](OC[C@H]1O[C@@H](n2cnc3c(OCC)nc(Cl)nc32)[C@@H]2OC(C)(C)O[C@@H]21)P=O. The van der Waals surface area contributed by atoms with Gasteiger partial charge in [0.15, 0.2) is 31.6 Å². The van der Waals surface area contributed by atoms with E-state index < -0.39 is 50.6 Å². The van der Waals surface area contributed by atoms with E-state index >= 15 is 0 Å². The zero-order valence-corrected chi connectivity index (χ0v) is 21.5. The summed E-state index contributed by atoms with van der Waals surface area (Å²) < 4.78 is 48.0. The number of nitrogens with zero attached hydrogens (tertiary/aromatic N) is 4. The quantitative estimate of drug-likeness (QED) is 0.183. The second-order valence-electron chi connectivity index (χ2n) is 8.50. The number of hydrogen-bond acceptors (Lipinski definition) is 11. The molecule has 0 radical (unpaired) electrons. The molecular weight excluding hydrogens is 503 g/mol. The van der Waals surface area contributed by atoms with Crippen LogP contribution in [0.3, 0.4) is 0 Å². The van der Waals surface area contributed by atoms with E-state index in [1.54, 1.807) is 24.7 Å². The van der Waals surface area contributed by atoms with Gasteiger partial charge in [-0.2, -0.15) is 9.97 Å². The molecule has 2 fully saturated rings. The van der Waals surface area contributed by atoms with Crippen LogP contribution in [0.2, 0.25) is 5.28 Å². The largest absolute Gasteiger partial charge is 0.476 e. The molecule has 2 saturated heterocycles. The van der Waals surface area contributed by atoms with Crippen molar-refractivity contribution in [1.29, 1.82) is 0 Å². The minimum absolute atomic E-state index is 0.0000632. The third-order valence-corrected chi connectivity index (χ3v) is 6.22. The molecule has 0 bridgehead atoms. The van der Waals surface area contributed by atoms with E-state index in [-0.39, 0.29) is 24.4 Å². The van der Waals surface area contributed by atoms with E-state index in [1.807, 2.05) is 13.8 Å². The molecule has 0 spiro atoms. The molecule has 0 aliphatic carbocycles. The average Bonchev–Trinajstić information content (AvgIpc) is 3.45. The summed E-state index contributed by atoms with van der Waals surface area (Å²) in [6, 6.07) is 0. The van der Waals surface area contributed by atoms with Gasteiger partial charge in [0.25, 0.3) is 0 Å². The first-order valence-electron chi connectivity index (χ1n) is 11.4. The topological polar surface area (TPSA) is 133 Å². The van der Waals surface area contributed by atoms with Gasteiger partial charge in [0.2, 0.25) is 17.0 Å². The third kappa shape index (κ3) is 5.58. The molecule has 4 rings (SSSR count). The fourth-order valence-corrected chi connectivity index (χ4v) is 4.49. The summed E-state index contributed by atoms with van der Waals surface area (Å²) in [6.45, 7) is 7.94. The molecule has 0 unspecified atom stereocenters. The summed E-state index contributed by atoms with van der Waals surface area (Å²) in [7, 11) is -0.504.